The highest BCUT2D eigenvalue weighted by Gasteiger charge is 2.14. The van der Waals surface area contributed by atoms with Crippen molar-refractivity contribution in [2.24, 2.45) is 0 Å². The fraction of sp³-hybridized carbons (Fsp3) is 0.190. The summed E-state index contributed by atoms with van der Waals surface area (Å²) in [7, 11) is 0. The van der Waals surface area contributed by atoms with Gasteiger partial charge in [-0.25, -0.2) is 0 Å². The summed E-state index contributed by atoms with van der Waals surface area (Å²) < 4.78 is 0. The number of aromatic nitrogens is 2. The first-order chi connectivity index (χ1) is 12.6. The van der Waals surface area contributed by atoms with Crippen molar-refractivity contribution in [1.82, 2.24) is 15.3 Å². The van der Waals surface area contributed by atoms with E-state index in [9.17, 15) is 9.59 Å². The van der Waals surface area contributed by atoms with Crippen LogP contribution in [0.5, 0.6) is 0 Å². The molecule has 2 aromatic heterocycles. The summed E-state index contributed by atoms with van der Waals surface area (Å²) >= 11 is 0. The maximum Gasteiger partial charge on any atom is 0.260 e. The Balaban J connectivity index is 1.68. The second-order valence-corrected chi connectivity index (χ2v) is 6.27. The molecule has 0 aliphatic rings. The van der Waals surface area contributed by atoms with Gasteiger partial charge in [-0.1, -0.05) is 30.3 Å². The van der Waals surface area contributed by atoms with E-state index in [2.05, 4.69) is 27.4 Å². The van der Waals surface area contributed by atoms with E-state index in [1.165, 1.54) is 5.56 Å². The van der Waals surface area contributed by atoms with Gasteiger partial charge in [-0.15, -0.1) is 0 Å². The lowest BCUT2D eigenvalue weighted by molar-refractivity contribution is 0.0937. The number of nitrogens with zero attached hydrogens (tertiary/aromatic N) is 1. The standard InChI is InChI=1S/C21H21N3O2/c1-15(7-8-16-5-3-2-4-6-16)24-21(26)19-13-18(14-23-20(19)25)17-9-11-22-12-10-17/h2-6,9-15H,7-8H2,1H3,(H,23,25)(H,24,26). The molecule has 0 bridgehead atoms. The van der Waals surface area contributed by atoms with Crippen LogP contribution < -0.4 is 10.9 Å². The van der Waals surface area contributed by atoms with E-state index in [1.54, 1.807) is 24.7 Å². The lowest BCUT2D eigenvalue weighted by atomic mass is 10.0. The summed E-state index contributed by atoms with van der Waals surface area (Å²) in [6, 6.07) is 15.4. The third kappa shape index (κ3) is 4.45. The van der Waals surface area contributed by atoms with Crippen LogP contribution >= 0.6 is 0 Å². The highest BCUT2D eigenvalue weighted by Crippen LogP contribution is 2.17. The smallest absolute Gasteiger partial charge is 0.260 e. The van der Waals surface area contributed by atoms with Crippen LogP contribution in [-0.2, 0) is 6.42 Å². The SMILES string of the molecule is CC(CCc1ccccc1)NC(=O)c1cc(-c2ccncc2)c[nH]c1=O. The van der Waals surface area contributed by atoms with Crippen LogP contribution in [-0.4, -0.2) is 21.9 Å². The molecule has 132 valence electrons. The molecule has 1 aromatic carbocycles. The molecule has 1 unspecified atom stereocenters. The molecule has 26 heavy (non-hydrogen) atoms. The third-order valence-corrected chi connectivity index (χ3v) is 4.25. The van der Waals surface area contributed by atoms with Crippen LogP contribution in [0, 0.1) is 0 Å². The number of aryl methyl sites for hydroxylation is 1. The first-order valence-corrected chi connectivity index (χ1v) is 8.61. The number of pyridine rings is 2. The molecule has 3 rings (SSSR count). The van der Waals surface area contributed by atoms with Crippen LogP contribution in [0.4, 0.5) is 0 Å². The lowest BCUT2D eigenvalue weighted by Crippen LogP contribution is -2.36. The van der Waals surface area contributed by atoms with Crippen molar-refractivity contribution in [1.29, 1.82) is 0 Å². The monoisotopic (exact) mass is 347 g/mol. The van der Waals surface area contributed by atoms with Crippen molar-refractivity contribution in [2.45, 2.75) is 25.8 Å². The highest BCUT2D eigenvalue weighted by molar-refractivity contribution is 5.95. The molecular formula is C21H21N3O2. The average Bonchev–Trinajstić information content (AvgIpc) is 2.68. The summed E-state index contributed by atoms with van der Waals surface area (Å²) in [4.78, 5) is 31.2. The molecule has 5 heteroatoms. The summed E-state index contributed by atoms with van der Waals surface area (Å²) in [6.07, 6.45) is 6.62. The molecule has 0 aliphatic carbocycles. The minimum absolute atomic E-state index is 0.0355. The number of hydrogen-bond acceptors (Lipinski definition) is 3. The van der Waals surface area contributed by atoms with Crippen molar-refractivity contribution in [3.05, 3.63) is 88.6 Å². The van der Waals surface area contributed by atoms with Gasteiger partial charge in [0.2, 0.25) is 0 Å². The van der Waals surface area contributed by atoms with Crippen LogP contribution in [0.3, 0.4) is 0 Å². The second kappa shape index (κ2) is 8.25. The van der Waals surface area contributed by atoms with Gasteiger partial charge < -0.3 is 10.3 Å². The molecule has 0 saturated heterocycles. The van der Waals surface area contributed by atoms with E-state index in [4.69, 9.17) is 0 Å². The van der Waals surface area contributed by atoms with Gasteiger partial charge in [0.05, 0.1) is 0 Å². The number of aromatic amines is 1. The summed E-state index contributed by atoms with van der Waals surface area (Å²) in [5.41, 5.74) is 2.61. The predicted octanol–water partition coefficient (Wildman–Crippen LogP) is 3.19. The van der Waals surface area contributed by atoms with Crippen LogP contribution in [0.15, 0.2) is 71.9 Å². The molecule has 0 saturated carbocycles. The topological polar surface area (TPSA) is 74.8 Å². The molecular weight excluding hydrogens is 326 g/mol. The Morgan fingerprint density at radius 2 is 1.85 bits per heavy atom. The lowest BCUT2D eigenvalue weighted by Gasteiger charge is -2.14. The second-order valence-electron chi connectivity index (χ2n) is 6.27. The summed E-state index contributed by atoms with van der Waals surface area (Å²) in [6.45, 7) is 1.95. The molecule has 1 amide bonds. The molecule has 0 fully saturated rings. The Bertz CT molecular complexity index is 921. The predicted molar refractivity (Wildman–Crippen MR) is 102 cm³/mol. The van der Waals surface area contributed by atoms with Crippen molar-refractivity contribution < 1.29 is 4.79 Å². The first-order valence-electron chi connectivity index (χ1n) is 8.61. The molecule has 2 N–H and O–H groups in total. The van der Waals surface area contributed by atoms with Gasteiger partial charge in [0.25, 0.3) is 11.5 Å². The quantitative estimate of drug-likeness (QED) is 0.719. The molecule has 2 heterocycles. The minimum Gasteiger partial charge on any atom is -0.349 e. The Hall–Kier alpha value is -3.21. The summed E-state index contributed by atoms with van der Waals surface area (Å²) in [5, 5.41) is 2.91. The van der Waals surface area contributed by atoms with Gasteiger partial charge >= 0.3 is 0 Å². The zero-order valence-electron chi connectivity index (χ0n) is 14.6. The van der Waals surface area contributed by atoms with Crippen molar-refractivity contribution >= 4 is 5.91 Å². The van der Waals surface area contributed by atoms with E-state index in [0.29, 0.717) is 0 Å². The average molecular weight is 347 g/mol. The molecule has 0 spiro atoms. The van der Waals surface area contributed by atoms with Crippen molar-refractivity contribution in [3.63, 3.8) is 0 Å². The number of carbonyl (C=O) groups excluding carboxylic acids is 1. The van der Waals surface area contributed by atoms with Gasteiger partial charge in [0.15, 0.2) is 0 Å². The van der Waals surface area contributed by atoms with Crippen LogP contribution in [0.2, 0.25) is 0 Å². The van der Waals surface area contributed by atoms with Crippen LogP contribution in [0.1, 0.15) is 29.3 Å². The Kier molecular flexibility index (Phi) is 5.59. The maximum absolute atomic E-state index is 12.5. The summed E-state index contributed by atoms with van der Waals surface area (Å²) in [5.74, 6) is -0.359. The number of benzene rings is 1. The fourth-order valence-electron chi connectivity index (χ4n) is 2.77. The Morgan fingerprint density at radius 1 is 1.12 bits per heavy atom. The van der Waals surface area contributed by atoms with Gasteiger partial charge in [0.1, 0.15) is 5.56 Å². The minimum atomic E-state index is -0.393. The fourth-order valence-corrected chi connectivity index (χ4v) is 2.77. The van der Waals surface area contributed by atoms with Gasteiger partial charge in [-0.3, -0.25) is 14.6 Å². The van der Waals surface area contributed by atoms with Gasteiger partial charge in [-0.05, 0) is 54.7 Å². The number of nitrogens with one attached hydrogen (secondary N) is 2. The largest absolute Gasteiger partial charge is 0.349 e. The van der Waals surface area contributed by atoms with Gasteiger partial charge in [-0.2, -0.15) is 0 Å². The van der Waals surface area contributed by atoms with Crippen LogP contribution in [0.25, 0.3) is 11.1 Å². The molecule has 5 nitrogen and oxygen atoms in total. The normalized spacial score (nSPS) is 11.7. The molecule has 1 atom stereocenters. The zero-order valence-corrected chi connectivity index (χ0v) is 14.6. The van der Waals surface area contributed by atoms with Crippen molar-refractivity contribution in [3.8, 4) is 11.1 Å². The van der Waals surface area contributed by atoms with E-state index in [-0.39, 0.29) is 17.5 Å². The van der Waals surface area contributed by atoms with E-state index >= 15 is 0 Å². The maximum atomic E-state index is 12.5. The number of hydrogen-bond donors (Lipinski definition) is 2. The number of amides is 1. The number of carbonyl (C=O) groups is 1. The number of H-pyrrole nitrogens is 1. The first kappa shape index (κ1) is 17.6. The van der Waals surface area contributed by atoms with Crippen molar-refractivity contribution in [2.75, 3.05) is 0 Å². The van der Waals surface area contributed by atoms with Gasteiger partial charge in [0, 0.05) is 24.6 Å². The highest BCUT2D eigenvalue weighted by atomic mass is 16.2. The van der Waals surface area contributed by atoms with E-state index in [1.807, 2.05) is 37.3 Å². The number of rotatable bonds is 6. The zero-order chi connectivity index (χ0) is 18.4. The van der Waals surface area contributed by atoms with E-state index in [0.717, 1.165) is 24.0 Å². The molecule has 0 radical (unpaired) electrons. The Labute approximate surface area is 152 Å². The van der Waals surface area contributed by atoms with E-state index < -0.39 is 5.56 Å². The Morgan fingerprint density at radius 3 is 2.58 bits per heavy atom. The third-order valence-electron chi connectivity index (χ3n) is 4.25. The molecule has 3 aromatic rings. The molecule has 0 aliphatic heterocycles.